The van der Waals surface area contributed by atoms with Gasteiger partial charge >= 0.3 is 11.9 Å². The molecule has 2 saturated heterocycles. The minimum absolute atomic E-state index is 0.168. The fraction of sp³-hybridized carbons (Fsp3) is 0.471. The number of allylic oxidation sites excluding steroid dienone is 2. The molecule has 0 N–H and O–H groups in total. The highest BCUT2D eigenvalue weighted by atomic mass is 16.7. The zero-order chi connectivity index (χ0) is 29.6. The summed E-state index contributed by atoms with van der Waals surface area (Å²) in [5.74, 6) is 0.479. The average Bonchev–Trinajstić information content (AvgIpc) is 3.60. The van der Waals surface area contributed by atoms with Gasteiger partial charge in [0.1, 0.15) is 23.7 Å². The summed E-state index contributed by atoms with van der Waals surface area (Å²) >= 11 is 0. The van der Waals surface area contributed by atoms with Crippen molar-refractivity contribution in [1.29, 1.82) is 0 Å². The Balaban J connectivity index is 1.18. The van der Waals surface area contributed by atoms with Crippen LogP contribution in [-0.4, -0.2) is 62.8 Å². The minimum atomic E-state index is -0.592. The lowest BCUT2D eigenvalue weighted by Crippen LogP contribution is -2.36. The Morgan fingerprint density at radius 3 is 1.43 bits per heavy atom. The number of carbonyl (C=O) groups is 2. The zero-order valence-corrected chi connectivity index (χ0v) is 24.2. The Morgan fingerprint density at radius 2 is 1.05 bits per heavy atom. The van der Waals surface area contributed by atoms with E-state index >= 15 is 0 Å². The van der Waals surface area contributed by atoms with E-state index in [1.807, 2.05) is 12.2 Å². The Hall–Kier alpha value is -3.62. The van der Waals surface area contributed by atoms with Crippen LogP contribution in [-0.2, 0) is 18.9 Å². The van der Waals surface area contributed by atoms with Gasteiger partial charge in [-0.1, -0.05) is 12.2 Å². The van der Waals surface area contributed by atoms with Crippen LogP contribution in [0.5, 0.6) is 11.5 Å². The molecule has 0 spiro atoms. The van der Waals surface area contributed by atoms with Crippen molar-refractivity contribution in [3.05, 3.63) is 85.0 Å². The summed E-state index contributed by atoms with van der Waals surface area (Å²) in [5.41, 5.74) is 0.829. The summed E-state index contributed by atoms with van der Waals surface area (Å²) in [6.45, 7) is 9.05. The van der Waals surface area contributed by atoms with Crippen molar-refractivity contribution in [1.82, 2.24) is 0 Å². The molecule has 42 heavy (non-hydrogen) atoms. The third kappa shape index (κ3) is 9.19. The first-order valence-electron chi connectivity index (χ1n) is 14.9. The van der Waals surface area contributed by atoms with E-state index in [4.69, 9.17) is 28.4 Å². The number of unbranched alkanes of at least 4 members (excludes halogenated alkanes) is 6. The van der Waals surface area contributed by atoms with Gasteiger partial charge in [0, 0.05) is 0 Å². The summed E-state index contributed by atoms with van der Waals surface area (Å²) in [6, 6.07) is 13.8. The molecule has 0 amide bonds. The number of rotatable bonds is 18. The molecule has 4 rings (SSSR count). The van der Waals surface area contributed by atoms with Crippen molar-refractivity contribution in [3.8, 4) is 11.5 Å². The molecule has 4 atom stereocenters. The number of ether oxygens (including phenoxy) is 6. The Kier molecular flexibility index (Phi) is 12.5. The van der Waals surface area contributed by atoms with Crippen LogP contribution in [0.3, 0.4) is 0 Å². The van der Waals surface area contributed by atoms with Gasteiger partial charge in [-0.2, -0.15) is 0 Å². The van der Waals surface area contributed by atoms with Crippen molar-refractivity contribution in [2.45, 2.75) is 75.8 Å². The van der Waals surface area contributed by atoms with Crippen molar-refractivity contribution in [3.63, 3.8) is 0 Å². The van der Waals surface area contributed by atoms with E-state index in [0.717, 1.165) is 51.4 Å². The molecule has 2 heterocycles. The van der Waals surface area contributed by atoms with Gasteiger partial charge in [-0.15, -0.1) is 13.2 Å². The van der Waals surface area contributed by atoms with Crippen LogP contribution in [0.1, 0.15) is 72.1 Å². The molecular weight excluding hydrogens is 536 g/mol. The topological polar surface area (TPSA) is 89.5 Å². The highest BCUT2D eigenvalue weighted by Gasteiger charge is 2.51. The first kappa shape index (κ1) is 31.3. The second-order valence-corrected chi connectivity index (χ2v) is 10.5. The predicted octanol–water partition coefficient (Wildman–Crippen LogP) is 6.49. The van der Waals surface area contributed by atoms with Gasteiger partial charge < -0.3 is 28.4 Å². The second kappa shape index (κ2) is 16.7. The van der Waals surface area contributed by atoms with Gasteiger partial charge in [-0.3, -0.25) is 0 Å². The molecule has 0 aliphatic carbocycles. The number of fused-ring (bicyclic) bond motifs is 1. The van der Waals surface area contributed by atoms with Crippen LogP contribution in [0.25, 0.3) is 0 Å². The van der Waals surface area contributed by atoms with Crippen molar-refractivity contribution in [2.75, 3.05) is 26.4 Å². The highest BCUT2D eigenvalue weighted by Crippen LogP contribution is 2.32. The SMILES string of the molecule is C=CCCCCCOc1ccc(C(=O)O[C@H]2CO[C@H]3[C@@H]2OC[C@H]3OC(=O)c2ccc(OCCCCCC=C)cc2)cc1. The predicted molar refractivity (Wildman–Crippen MR) is 159 cm³/mol. The first-order valence-corrected chi connectivity index (χ1v) is 14.9. The van der Waals surface area contributed by atoms with Gasteiger partial charge in [0.2, 0.25) is 0 Å². The molecule has 8 heteroatoms. The second-order valence-electron chi connectivity index (χ2n) is 10.5. The monoisotopic (exact) mass is 578 g/mol. The van der Waals surface area contributed by atoms with E-state index in [-0.39, 0.29) is 13.2 Å². The third-order valence-corrected chi connectivity index (χ3v) is 7.30. The van der Waals surface area contributed by atoms with E-state index in [0.29, 0.717) is 35.8 Å². The summed E-state index contributed by atoms with van der Waals surface area (Å²) in [6.07, 6.45) is 10.0. The fourth-order valence-electron chi connectivity index (χ4n) is 4.93. The number of hydrogen-bond donors (Lipinski definition) is 0. The van der Waals surface area contributed by atoms with Crippen molar-refractivity contribution < 1.29 is 38.0 Å². The van der Waals surface area contributed by atoms with E-state index in [1.54, 1.807) is 48.5 Å². The Morgan fingerprint density at radius 1 is 0.643 bits per heavy atom. The molecule has 0 aromatic heterocycles. The molecule has 2 aliphatic rings. The summed E-state index contributed by atoms with van der Waals surface area (Å²) in [4.78, 5) is 25.6. The van der Waals surface area contributed by atoms with Crippen LogP contribution in [0.15, 0.2) is 73.8 Å². The van der Waals surface area contributed by atoms with Gasteiger partial charge in [0.15, 0.2) is 12.2 Å². The van der Waals surface area contributed by atoms with Crippen molar-refractivity contribution >= 4 is 11.9 Å². The number of esters is 2. The number of hydrogen-bond acceptors (Lipinski definition) is 8. The quantitative estimate of drug-likeness (QED) is 0.113. The van der Waals surface area contributed by atoms with Gasteiger partial charge in [-0.25, -0.2) is 9.59 Å². The maximum atomic E-state index is 12.8. The van der Waals surface area contributed by atoms with E-state index in [2.05, 4.69) is 13.2 Å². The normalized spacial score (nSPS) is 20.9. The van der Waals surface area contributed by atoms with Crippen LogP contribution in [0.2, 0.25) is 0 Å². The van der Waals surface area contributed by atoms with Gasteiger partial charge in [0.05, 0.1) is 37.6 Å². The maximum Gasteiger partial charge on any atom is 0.338 e. The highest BCUT2D eigenvalue weighted by molar-refractivity contribution is 5.90. The van der Waals surface area contributed by atoms with Crippen LogP contribution < -0.4 is 9.47 Å². The molecule has 0 unspecified atom stereocenters. The molecule has 2 aliphatic heterocycles. The van der Waals surface area contributed by atoms with Crippen LogP contribution in [0, 0.1) is 0 Å². The maximum absolute atomic E-state index is 12.8. The molecular formula is C34H42O8. The van der Waals surface area contributed by atoms with E-state index < -0.39 is 36.4 Å². The molecule has 2 fully saturated rings. The number of benzene rings is 2. The van der Waals surface area contributed by atoms with Crippen LogP contribution in [0.4, 0.5) is 0 Å². The number of carbonyl (C=O) groups excluding carboxylic acids is 2. The molecule has 0 radical (unpaired) electrons. The fourth-order valence-corrected chi connectivity index (χ4v) is 4.93. The molecule has 226 valence electrons. The van der Waals surface area contributed by atoms with Crippen LogP contribution >= 0.6 is 0 Å². The molecule has 8 nitrogen and oxygen atoms in total. The lowest BCUT2D eigenvalue weighted by atomic mass is 10.1. The third-order valence-electron chi connectivity index (χ3n) is 7.30. The van der Waals surface area contributed by atoms with Gasteiger partial charge in [0.25, 0.3) is 0 Å². The van der Waals surface area contributed by atoms with E-state index in [1.165, 1.54) is 0 Å². The largest absolute Gasteiger partial charge is 0.494 e. The molecule has 2 aromatic rings. The molecule has 0 bridgehead atoms. The van der Waals surface area contributed by atoms with Gasteiger partial charge in [-0.05, 0) is 99.9 Å². The van der Waals surface area contributed by atoms with E-state index in [9.17, 15) is 9.59 Å². The average molecular weight is 579 g/mol. The summed E-state index contributed by atoms with van der Waals surface area (Å²) in [7, 11) is 0. The lowest BCUT2D eigenvalue weighted by molar-refractivity contribution is -0.0287. The summed E-state index contributed by atoms with van der Waals surface area (Å²) < 4.78 is 34.6. The summed E-state index contributed by atoms with van der Waals surface area (Å²) in [5, 5.41) is 0. The zero-order valence-electron chi connectivity index (χ0n) is 24.2. The standard InChI is InChI=1S/C34H42O8/c1-3-5-7-9-11-21-37-27-17-13-25(14-18-27)33(35)41-29-23-39-32-30(24-40-31(29)32)42-34(36)26-15-19-28(20-16-26)38-22-12-10-8-6-4-2/h3-4,13-20,29-32H,1-2,5-12,21-24H2/t29-,30+,31-,32-/m1/s1. The van der Waals surface area contributed by atoms with Crippen molar-refractivity contribution in [2.24, 2.45) is 0 Å². The Bertz CT molecular complexity index is 1050. The Labute approximate surface area is 248 Å². The minimum Gasteiger partial charge on any atom is -0.494 e. The first-order chi connectivity index (χ1) is 20.6. The lowest BCUT2D eigenvalue weighted by Gasteiger charge is -2.17. The molecule has 2 aromatic carbocycles. The smallest absolute Gasteiger partial charge is 0.338 e. The molecule has 0 saturated carbocycles.